The zero-order chi connectivity index (χ0) is 13.3. The van der Waals surface area contributed by atoms with Crippen molar-refractivity contribution in [3.05, 3.63) is 28.8 Å². The van der Waals surface area contributed by atoms with Gasteiger partial charge >= 0.3 is 5.97 Å². The third-order valence-electron chi connectivity index (χ3n) is 4.10. The van der Waals surface area contributed by atoms with Crippen molar-refractivity contribution in [3.8, 4) is 5.75 Å². The molecule has 0 spiro atoms. The lowest BCUT2D eigenvalue weighted by atomic mass is 9.64. The molecule has 1 saturated carbocycles. The minimum Gasteiger partial charge on any atom is -0.493 e. The van der Waals surface area contributed by atoms with Gasteiger partial charge in [-0.1, -0.05) is 18.6 Å². The lowest BCUT2D eigenvalue weighted by molar-refractivity contribution is -0.147. The lowest BCUT2D eigenvalue weighted by Crippen LogP contribution is -2.42. The van der Waals surface area contributed by atoms with Gasteiger partial charge in [0.05, 0.1) is 12.0 Å². The van der Waals surface area contributed by atoms with Gasteiger partial charge in [-0.2, -0.15) is 0 Å². The monoisotopic (exact) mass is 248 g/mol. The molecule has 1 fully saturated rings. The van der Waals surface area contributed by atoms with Crippen LogP contribution in [0.4, 0.5) is 0 Å². The molecule has 0 aliphatic heterocycles. The summed E-state index contributed by atoms with van der Waals surface area (Å²) in [5, 5.41) is 9.53. The van der Waals surface area contributed by atoms with E-state index in [0.29, 0.717) is 19.4 Å². The summed E-state index contributed by atoms with van der Waals surface area (Å²) in [7, 11) is 0. The summed E-state index contributed by atoms with van der Waals surface area (Å²) < 4.78 is 5.72. The quantitative estimate of drug-likeness (QED) is 0.890. The Bertz CT molecular complexity index is 473. The van der Waals surface area contributed by atoms with Crippen molar-refractivity contribution in [2.45, 2.75) is 45.4 Å². The summed E-state index contributed by atoms with van der Waals surface area (Å²) in [6, 6.07) is 3.93. The minimum atomic E-state index is -0.724. The molecule has 1 aromatic carbocycles. The highest BCUT2D eigenvalue weighted by Gasteiger charge is 2.48. The number of aliphatic carboxylic acids is 1. The summed E-state index contributed by atoms with van der Waals surface area (Å²) in [5.74, 6) is 0.0533. The van der Waals surface area contributed by atoms with Crippen LogP contribution in [0.3, 0.4) is 0 Å². The van der Waals surface area contributed by atoms with E-state index in [1.54, 1.807) is 0 Å². The fourth-order valence-corrected chi connectivity index (χ4v) is 2.63. The normalized spacial score (nSPS) is 17.1. The number of rotatable bonds is 4. The molecule has 1 aliphatic carbocycles. The van der Waals surface area contributed by atoms with Crippen molar-refractivity contribution in [2.24, 2.45) is 0 Å². The molecule has 0 radical (unpaired) electrons. The van der Waals surface area contributed by atoms with Gasteiger partial charge in [0.1, 0.15) is 5.75 Å². The predicted octanol–water partition coefficient (Wildman–Crippen LogP) is 3.21. The van der Waals surface area contributed by atoms with E-state index in [1.807, 2.05) is 32.9 Å². The van der Waals surface area contributed by atoms with Crippen LogP contribution in [0.5, 0.6) is 5.75 Å². The van der Waals surface area contributed by atoms with Crippen LogP contribution in [0, 0.1) is 13.8 Å². The van der Waals surface area contributed by atoms with Gasteiger partial charge in [-0.15, -0.1) is 0 Å². The molecule has 1 N–H and O–H groups in total. The third kappa shape index (κ3) is 1.78. The van der Waals surface area contributed by atoms with E-state index in [4.69, 9.17) is 4.74 Å². The zero-order valence-corrected chi connectivity index (χ0v) is 11.2. The molecular formula is C15H20O3. The molecule has 2 rings (SSSR count). The van der Waals surface area contributed by atoms with Crippen LogP contribution in [0.2, 0.25) is 0 Å². The molecule has 0 saturated heterocycles. The van der Waals surface area contributed by atoms with Crippen molar-refractivity contribution < 1.29 is 14.6 Å². The molecular weight excluding hydrogens is 228 g/mol. The Balaban J connectivity index is 2.56. The Labute approximate surface area is 108 Å². The van der Waals surface area contributed by atoms with Gasteiger partial charge in [0.25, 0.3) is 0 Å². The molecule has 3 nitrogen and oxygen atoms in total. The maximum atomic E-state index is 11.6. The Morgan fingerprint density at radius 2 is 2.06 bits per heavy atom. The third-order valence-corrected chi connectivity index (χ3v) is 4.10. The molecule has 1 aromatic rings. The van der Waals surface area contributed by atoms with E-state index >= 15 is 0 Å². The first-order valence-corrected chi connectivity index (χ1v) is 6.50. The van der Waals surface area contributed by atoms with Gasteiger partial charge in [-0.05, 0) is 44.7 Å². The number of benzene rings is 1. The smallest absolute Gasteiger partial charge is 0.314 e. The SMILES string of the molecule is CCOc1c(C2(C(=O)O)CCC2)ccc(C)c1C. The standard InChI is InChI=1S/C15H20O3/c1-4-18-13-11(3)10(2)6-7-12(13)15(14(16)17)8-5-9-15/h6-7H,4-5,8-9H2,1-3H3,(H,16,17). The second-order valence-electron chi connectivity index (χ2n) is 5.06. The maximum Gasteiger partial charge on any atom is 0.314 e. The zero-order valence-electron chi connectivity index (χ0n) is 11.2. The second kappa shape index (κ2) is 4.63. The highest BCUT2D eigenvalue weighted by molar-refractivity contribution is 5.84. The second-order valence-corrected chi connectivity index (χ2v) is 5.06. The number of carboxylic acid groups (broad SMARTS) is 1. The van der Waals surface area contributed by atoms with E-state index in [1.165, 1.54) is 0 Å². The van der Waals surface area contributed by atoms with E-state index in [-0.39, 0.29) is 0 Å². The molecule has 1 aliphatic rings. The molecule has 3 heteroatoms. The maximum absolute atomic E-state index is 11.6. The molecule has 0 heterocycles. The van der Waals surface area contributed by atoms with Crippen molar-refractivity contribution in [3.63, 3.8) is 0 Å². The molecule has 0 unspecified atom stereocenters. The number of hydrogen-bond acceptors (Lipinski definition) is 2. The molecule has 0 atom stereocenters. The van der Waals surface area contributed by atoms with E-state index in [2.05, 4.69) is 0 Å². The van der Waals surface area contributed by atoms with Crippen LogP contribution in [0.25, 0.3) is 0 Å². The van der Waals surface area contributed by atoms with E-state index in [9.17, 15) is 9.90 Å². The van der Waals surface area contributed by atoms with Crippen LogP contribution in [-0.4, -0.2) is 17.7 Å². The number of carboxylic acids is 1. The van der Waals surface area contributed by atoms with E-state index < -0.39 is 11.4 Å². The van der Waals surface area contributed by atoms with Crippen molar-refractivity contribution >= 4 is 5.97 Å². The Kier molecular flexibility index (Phi) is 3.33. The van der Waals surface area contributed by atoms with Gasteiger partial charge in [-0.25, -0.2) is 0 Å². The summed E-state index contributed by atoms with van der Waals surface area (Å²) in [6.07, 6.45) is 2.40. The largest absolute Gasteiger partial charge is 0.493 e. The van der Waals surface area contributed by atoms with Crippen molar-refractivity contribution in [2.75, 3.05) is 6.61 Å². The minimum absolute atomic E-state index is 0.562. The van der Waals surface area contributed by atoms with Crippen LogP contribution >= 0.6 is 0 Å². The number of ether oxygens (including phenoxy) is 1. The first-order valence-electron chi connectivity index (χ1n) is 6.50. The topological polar surface area (TPSA) is 46.5 Å². The number of aryl methyl sites for hydroxylation is 1. The van der Waals surface area contributed by atoms with Crippen LogP contribution in [0.1, 0.15) is 42.9 Å². The van der Waals surface area contributed by atoms with Crippen LogP contribution in [0.15, 0.2) is 12.1 Å². The first kappa shape index (κ1) is 12.9. The summed E-state index contributed by atoms with van der Waals surface area (Å²) in [4.78, 5) is 11.6. The highest BCUT2D eigenvalue weighted by atomic mass is 16.5. The lowest BCUT2D eigenvalue weighted by Gasteiger charge is -2.39. The van der Waals surface area contributed by atoms with Gasteiger partial charge in [0.15, 0.2) is 0 Å². The molecule has 0 amide bonds. The van der Waals surface area contributed by atoms with Gasteiger partial charge in [0.2, 0.25) is 0 Å². The Morgan fingerprint density at radius 1 is 1.39 bits per heavy atom. The average Bonchev–Trinajstić information content (AvgIpc) is 2.26. The number of carbonyl (C=O) groups is 1. The van der Waals surface area contributed by atoms with Gasteiger partial charge in [0, 0.05) is 5.56 Å². The predicted molar refractivity (Wildman–Crippen MR) is 70.2 cm³/mol. The highest BCUT2D eigenvalue weighted by Crippen LogP contribution is 2.48. The molecule has 0 bridgehead atoms. The van der Waals surface area contributed by atoms with Gasteiger partial charge < -0.3 is 9.84 Å². The van der Waals surface area contributed by atoms with E-state index in [0.717, 1.165) is 28.9 Å². The summed E-state index contributed by atoms with van der Waals surface area (Å²) >= 11 is 0. The molecule has 98 valence electrons. The van der Waals surface area contributed by atoms with Crippen LogP contribution in [-0.2, 0) is 10.2 Å². The van der Waals surface area contributed by atoms with Crippen molar-refractivity contribution in [1.82, 2.24) is 0 Å². The Hall–Kier alpha value is -1.51. The fraction of sp³-hybridized carbons (Fsp3) is 0.533. The average molecular weight is 248 g/mol. The molecule has 18 heavy (non-hydrogen) atoms. The summed E-state index contributed by atoms with van der Waals surface area (Å²) in [6.45, 7) is 6.51. The Morgan fingerprint density at radius 3 is 2.50 bits per heavy atom. The first-order chi connectivity index (χ1) is 8.53. The fourth-order valence-electron chi connectivity index (χ4n) is 2.63. The van der Waals surface area contributed by atoms with Crippen LogP contribution < -0.4 is 4.74 Å². The summed E-state index contributed by atoms with van der Waals surface area (Å²) in [5.41, 5.74) is 2.33. The van der Waals surface area contributed by atoms with Gasteiger partial charge in [-0.3, -0.25) is 4.79 Å². The van der Waals surface area contributed by atoms with Crippen molar-refractivity contribution in [1.29, 1.82) is 0 Å². The molecule has 0 aromatic heterocycles. The number of hydrogen-bond donors (Lipinski definition) is 1.